The lowest BCUT2D eigenvalue weighted by molar-refractivity contribution is -0.141. The third kappa shape index (κ3) is 2.37. The van der Waals surface area contributed by atoms with Crippen LogP contribution >= 0.6 is 0 Å². The van der Waals surface area contributed by atoms with Gasteiger partial charge in [-0.1, -0.05) is 20.8 Å². The first-order valence-electron chi connectivity index (χ1n) is 4.29. The summed E-state index contributed by atoms with van der Waals surface area (Å²) >= 11 is 0. The molecule has 0 saturated carbocycles. The van der Waals surface area contributed by atoms with E-state index in [0.717, 1.165) is 6.20 Å². The summed E-state index contributed by atoms with van der Waals surface area (Å²) in [6.07, 6.45) is -3.66. The SMILES string of the molecule is CC(C)(C)C(=O)c1cn[nH]c1C(F)(F)F. The van der Waals surface area contributed by atoms with Gasteiger partial charge in [-0.3, -0.25) is 9.89 Å². The molecule has 0 bridgehead atoms. The number of halogens is 3. The Hall–Kier alpha value is -1.33. The van der Waals surface area contributed by atoms with Crippen molar-refractivity contribution in [3.05, 3.63) is 17.5 Å². The average molecular weight is 220 g/mol. The topological polar surface area (TPSA) is 45.8 Å². The summed E-state index contributed by atoms with van der Waals surface area (Å²) in [6, 6.07) is 0. The monoisotopic (exact) mass is 220 g/mol. The Labute approximate surface area is 84.7 Å². The molecule has 6 heteroatoms. The highest BCUT2D eigenvalue weighted by Gasteiger charge is 2.39. The number of nitrogens with zero attached hydrogens (tertiary/aromatic N) is 1. The van der Waals surface area contributed by atoms with Gasteiger partial charge in [0.15, 0.2) is 5.78 Å². The molecule has 3 nitrogen and oxygen atoms in total. The number of nitrogens with one attached hydrogen (secondary N) is 1. The first-order chi connectivity index (χ1) is 6.64. The summed E-state index contributed by atoms with van der Waals surface area (Å²) in [5.74, 6) is -0.580. The zero-order chi connectivity index (χ0) is 11.9. The molecule has 0 fully saturated rings. The molecule has 0 spiro atoms. The van der Waals surface area contributed by atoms with Gasteiger partial charge in [-0.25, -0.2) is 0 Å². The van der Waals surface area contributed by atoms with Crippen molar-refractivity contribution in [3.63, 3.8) is 0 Å². The number of carbonyl (C=O) groups excluding carboxylic acids is 1. The second-order valence-corrected chi connectivity index (χ2v) is 4.24. The van der Waals surface area contributed by atoms with Gasteiger partial charge in [-0.05, 0) is 0 Å². The highest BCUT2D eigenvalue weighted by Crippen LogP contribution is 2.32. The Morgan fingerprint density at radius 1 is 1.33 bits per heavy atom. The Morgan fingerprint density at radius 3 is 2.27 bits per heavy atom. The van der Waals surface area contributed by atoms with Crippen LogP contribution in [0.3, 0.4) is 0 Å². The molecule has 1 aromatic rings. The summed E-state index contributed by atoms with van der Waals surface area (Å²) in [6.45, 7) is 4.67. The van der Waals surface area contributed by atoms with Crippen molar-refractivity contribution >= 4 is 5.78 Å². The normalized spacial score (nSPS) is 12.9. The van der Waals surface area contributed by atoms with E-state index in [0.29, 0.717) is 0 Å². The summed E-state index contributed by atoms with van der Waals surface area (Å²) in [5.41, 5.74) is -2.35. The van der Waals surface area contributed by atoms with Gasteiger partial charge in [0, 0.05) is 5.41 Å². The van der Waals surface area contributed by atoms with Gasteiger partial charge < -0.3 is 0 Å². The zero-order valence-corrected chi connectivity index (χ0v) is 8.57. The van der Waals surface area contributed by atoms with Crippen molar-refractivity contribution in [3.8, 4) is 0 Å². The molecule has 1 rings (SSSR count). The van der Waals surface area contributed by atoms with E-state index < -0.39 is 28.6 Å². The number of rotatable bonds is 1. The lowest BCUT2D eigenvalue weighted by Crippen LogP contribution is -2.23. The van der Waals surface area contributed by atoms with Crippen LogP contribution in [0, 0.1) is 5.41 Å². The van der Waals surface area contributed by atoms with Crippen molar-refractivity contribution in [2.24, 2.45) is 5.41 Å². The molecule has 1 heterocycles. The number of ketones is 1. The van der Waals surface area contributed by atoms with Gasteiger partial charge in [0.05, 0.1) is 11.8 Å². The number of carbonyl (C=O) groups is 1. The molecule has 1 aromatic heterocycles. The van der Waals surface area contributed by atoms with Crippen molar-refractivity contribution in [2.45, 2.75) is 26.9 Å². The standard InChI is InChI=1S/C9H11F3N2O/c1-8(2,3)7(15)5-4-13-14-6(5)9(10,11)12/h4H,1-3H3,(H,13,14). The molecule has 0 amide bonds. The molecule has 0 saturated heterocycles. The number of aromatic amines is 1. The Kier molecular flexibility index (Phi) is 2.63. The molecule has 0 atom stereocenters. The average Bonchev–Trinajstić information content (AvgIpc) is 2.47. The van der Waals surface area contributed by atoms with E-state index in [1.54, 1.807) is 25.9 Å². The molecule has 0 unspecified atom stereocenters. The number of aromatic nitrogens is 2. The van der Waals surface area contributed by atoms with E-state index in [1.165, 1.54) is 0 Å². The first kappa shape index (κ1) is 11.7. The fraction of sp³-hybridized carbons (Fsp3) is 0.556. The highest BCUT2D eigenvalue weighted by molar-refractivity contribution is 6.00. The summed E-state index contributed by atoms with van der Waals surface area (Å²) in [5, 5.41) is 5.06. The van der Waals surface area contributed by atoms with E-state index in [4.69, 9.17) is 0 Å². The van der Waals surface area contributed by atoms with Gasteiger partial charge in [0.1, 0.15) is 5.69 Å². The van der Waals surface area contributed by atoms with Crippen molar-refractivity contribution < 1.29 is 18.0 Å². The molecule has 1 N–H and O–H groups in total. The predicted molar refractivity (Wildman–Crippen MR) is 47.4 cm³/mol. The maximum absolute atomic E-state index is 12.4. The Balaban J connectivity index is 3.18. The lowest BCUT2D eigenvalue weighted by atomic mass is 9.86. The smallest absolute Gasteiger partial charge is 0.293 e. The molecular formula is C9H11F3N2O. The van der Waals surface area contributed by atoms with Crippen LogP contribution < -0.4 is 0 Å². The minimum atomic E-state index is -4.58. The third-order valence-electron chi connectivity index (χ3n) is 1.85. The third-order valence-corrected chi connectivity index (χ3v) is 1.85. The van der Waals surface area contributed by atoms with Crippen LogP contribution in [0.2, 0.25) is 0 Å². The molecule has 0 aliphatic carbocycles. The van der Waals surface area contributed by atoms with Crippen LogP contribution in [0.4, 0.5) is 13.2 Å². The van der Waals surface area contributed by atoms with E-state index in [-0.39, 0.29) is 0 Å². The predicted octanol–water partition coefficient (Wildman–Crippen LogP) is 2.66. The van der Waals surface area contributed by atoms with Gasteiger partial charge in [-0.15, -0.1) is 0 Å². The fourth-order valence-electron chi connectivity index (χ4n) is 1.08. The molecule has 84 valence electrons. The lowest BCUT2D eigenvalue weighted by Gasteiger charge is -2.16. The minimum Gasteiger partial charge on any atom is -0.293 e. The number of H-pyrrole nitrogens is 1. The van der Waals surface area contributed by atoms with E-state index >= 15 is 0 Å². The number of alkyl halides is 3. The molecule has 0 radical (unpaired) electrons. The maximum Gasteiger partial charge on any atom is 0.433 e. The molecule has 0 aromatic carbocycles. The zero-order valence-electron chi connectivity index (χ0n) is 8.57. The van der Waals surface area contributed by atoms with Crippen LogP contribution in [0.5, 0.6) is 0 Å². The molecular weight excluding hydrogens is 209 g/mol. The summed E-state index contributed by atoms with van der Waals surface area (Å²) in [4.78, 5) is 11.6. The van der Waals surface area contributed by atoms with Gasteiger partial charge in [0.25, 0.3) is 0 Å². The number of hydrogen-bond acceptors (Lipinski definition) is 2. The van der Waals surface area contributed by atoms with Gasteiger partial charge in [0.2, 0.25) is 0 Å². The Bertz CT molecular complexity index is 373. The van der Waals surface area contributed by atoms with Gasteiger partial charge >= 0.3 is 6.18 Å². The maximum atomic E-state index is 12.4. The highest BCUT2D eigenvalue weighted by atomic mass is 19.4. The first-order valence-corrected chi connectivity index (χ1v) is 4.29. The second kappa shape index (κ2) is 3.36. The van der Waals surface area contributed by atoms with Crippen LogP contribution in [0.25, 0.3) is 0 Å². The van der Waals surface area contributed by atoms with E-state index in [9.17, 15) is 18.0 Å². The quantitative estimate of drug-likeness (QED) is 0.739. The van der Waals surface area contributed by atoms with Crippen molar-refractivity contribution in [2.75, 3.05) is 0 Å². The second-order valence-electron chi connectivity index (χ2n) is 4.24. The summed E-state index contributed by atoms with van der Waals surface area (Å²) < 4.78 is 37.2. The van der Waals surface area contributed by atoms with Crippen molar-refractivity contribution in [1.29, 1.82) is 0 Å². The fourth-order valence-corrected chi connectivity index (χ4v) is 1.08. The minimum absolute atomic E-state index is 0.407. The molecule has 0 aliphatic rings. The molecule has 15 heavy (non-hydrogen) atoms. The summed E-state index contributed by atoms with van der Waals surface area (Å²) in [7, 11) is 0. The van der Waals surface area contributed by atoms with Crippen LogP contribution in [0.15, 0.2) is 6.20 Å². The van der Waals surface area contributed by atoms with Crippen molar-refractivity contribution in [1.82, 2.24) is 10.2 Å². The van der Waals surface area contributed by atoms with E-state index in [2.05, 4.69) is 5.10 Å². The van der Waals surface area contributed by atoms with Gasteiger partial charge in [-0.2, -0.15) is 18.3 Å². The van der Waals surface area contributed by atoms with Crippen LogP contribution in [0.1, 0.15) is 36.8 Å². The van der Waals surface area contributed by atoms with E-state index in [1.807, 2.05) is 0 Å². The molecule has 0 aliphatic heterocycles. The number of Topliss-reactive ketones (excluding diaryl/α,β-unsaturated/α-hetero) is 1. The Morgan fingerprint density at radius 2 is 1.87 bits per heavy atom. The largest absolute Gasteiger partial charge is 0.433 e. The number of hydrogen-bond donors (Lipinski definition) is 1. The van der Waals surface area contributed by atoms with Crippen LogP contribution in [-0.2, 0) is 6.18 Å². The van der Waals surface area contributed by atoms with Crippen LogP contribution in [-0.4, -0.2) is 16.0 Å².